The van der Waals surface area contributed by atoms with Gasteiger partial charge in [-0.05, 0) is 25.0 Å². The van der Waals surface area contributed by atoms with E-state index in [4.69, 9.17) is 0 Å². The topological polar surface area (TPSA) is 46.4 Å². The Hall–Kier alpha value is -1.10. The molecule has 0 unspecified atom stereocenters. The van der Waals surface area contributed by atoms with Gasteiger partial charge in [-0.3, -0.25) is 10.1 Å². The number of anilines is 1. The number of hydrogen-bond acceptors (Lipinski definition) is 3. The van der Waals surface area contributed by atoms with Crippen LogP contribution in [0, 0.1) is 10.1 Å². The molecule has 0 aromatic heterocycles. The van der Waals surface area contributed by atoms with Crippen LogP contribution < -0.4 is 4.90 Å². The number of nitro benzene ring substituents is 1. The molecule has 0 heterocycles. The van der Waals surface area contributed by atoms with Crippen molar-refractivity contribution < 1.29 is 4.92 Å². The van der Waals surface area contributed by atoms with Crippen LogP contribution in [0.1, 0.15) is 37.7 Å². The molecular formula is C14H19BrN2O2. The number of alkyl halides is 1. The molecule has 1 aliphatic carbocycles. The summed E-state index contributed by atoms with van der Waals surface area (Å²) in [4.78, 5) is 12.9. The Morgan fingerprint density at radius 3 is 2.63 bits per heavy atom. The molecule has 4 nitrogen and oxygen atoms in total. The molecule has 1 aromatic carbocycles. The smallest absolute Gasteiger partial charge is 0.273 e. The van der Waals surface area contributed by atoms with Crippen LogP contribution in [0.25, 0.3) is 0 Å². The van der Waals surface area contributed by atoms with Crippen LogP contribution >= 0.6 is 15.9 Å². The third kappa shape index (κ3) is 3.26. The molecule has 0 aliphatic heterocycles. The Labute approximate surface area is 122 Å². The number of benzene rings is 1. The van der Waals surface area contributed by atoms with E-state index in [1.807, 2.05) is 12.1 Å². The molecule has 0 saturated heterocycles. The lowest BCUT2D eigenvalue weighted by molar-refractivity contribution is -0.385. The Morgan fingerprint density at radius 1 is 1.37 bits per heavy atom. The highest BCUT2D eigenvalue weighted by molar-refractivity contribution is 9.08. The first-order chi connectivity index (χ1) is 9.13. The molecule has 0 spiro atoms. The van der Waals surface area contributed by atoms with Crippen LogP contribution in [0.5, 0.6) is 0 Å². The molecule has 1 aromatic rings. The summed E-state index contributed by atoms with van der Waals surface area (Å²) in [6, 6.07) is 5.98. The van der Waals surface area contributed by atoms with Crippen LogP contribution in [-0.4, -0.2) is 18.0 Å². The van der Waals surface area contributed by atoms with Gasteiger partial charge in [-0.25, -0.2) is 0 Å². The molecule has 19 heavy (non-hydrogen) atoms. The van der Waals surface area contributed by atoms with Gasteiger partial charge in [0, 0.05) is 35.7 Å². The zero-order chi connectivity index (χ0) is 13.8. The van der Waals surface area contributed by atoms with Gasteiger partial charge in [0.1, 0.15) is 0 Å². The predicted molar refractivity (Wildman–Crippen MR) is 81.0 cm³/mol. The lowest BCUT2D eigenvalue weighted by atomic mass is 9.94. The van der Waals surface area contributed by atoms with E-state index in [-0.39, 0.29) is 10.6 Å². The van der Waals surface area contributed by atoms with Gasteiger partial charge >= 0.3 is 0 Å². The molecule has 1 fully saturated rings. The van der Waals surface area contributed by atoms with Crippen molar-refractivity contribution in [2.75, 3.05) is 11.9 Å². The molecule has 104 valence electrons. The second-order valence-corrected chi connectivity index (χ2v) is 5.67. The fourth-order valence-electron chi connectivity index (χ4n) is 2.76. The van der Waals surface area contributed by atoms with Crippen molar-refractivity contribution in [3.63, 3.8) is 0 Å². The Bertz CT molecular complexity index is 459. The van der Waals surface area contributed by atoms with Gasteiger partial charge in [-0.15, -0.1) is 0 Å². The molecule has 1 aliphatic rings. The Kier molecular flexibility index (Phi) is 4.80. The summed E-state index contributed by atoms with van der Waals surface area (Å²) in [7, 11) is 2.09. The second kappa shape index (κ2) is 6.37. The zero-order valence-corrected chi connectivity index (χ0v) is 12.7. The maximum atomic E-state index is 10.9. The first-order valence-electron chi connectivity index (χ1n) is 6.69. The maximum Gasteiger partial charge on any atom is 0.273 e. The minimum atomic E-state index is -0.318. The van der Waals surface area contributed by atoms with Crippen LogP contribution in [-0.2, 0) is 5.33 Å². The van der Waals surface area contributed by atoms with Crippen molar-refractivity contribution >= 4 is 27.3 Å². The van der Waals surface area contributed by atoms with E-state index in [1.165, 1.54) is 32.1 Å². The molecular weight excluding hydrogens is 308 g/mol. The molecule has 0 bridgehead atoms. The summed E-state index contributed by atoms with van der Waals surface area (Å²) in [6.45, 7) is 0. The molecule has 5 heteroatoms. The highest BCUT2D eigenvalue weighted by Gasteiger charge is 2.20. The zero-order valence-electron chi connectivity index (χ0n) is 11.1. The first kappa shape index (κ1) is 14.3. The van der Waals surface area contributed by atoms with E-state index in [0.717, 1.165) is 11.3 Å². The van der Waals surface area contributed by atoms with Crippen LogP contribution in [0.3, 0.4) is 0 Å². The quantitative estimate of drug-likeness (QED) is 0.472. The van der Waals surface area contributed by atoms with E-state index < -0.39 is 0 Å². The third-order valence-electron chi connectivity index (χ3n) is 3.93. The van der Waals surface area contributed by atoms with Gasteiger partial charge in [0.25, 0.3) is 5.69 Å². The fourth-order valence-corrected chi connectivity index (χ4v) is 3.20. The van der Waals surface area contributed by atoms with Crippen molar-refractivity contribution in [1.82, 2.24) is 0 Å². The minimum absolute atomic E-state index is 0.192. The average molecular weight is 327 g/mol. The van der Waals surface area contributed by atoms with Crippen LogP contribution in [0.2, 0.25) is 0 Å². The van der Waals surface area contributed by atoms with E-state index in [9.17, 15) is 10.1 Å². The van der Waals surface area contributed by atoms with Gasteiger partial charge in [0.15, 0.2) is 0 Å². The summed E-state index contributed by atoms with van der Waals surface area (Å²) < 4.78 is 0. The van der Waals surface area contributed by atoms with Crippen molar-refractivity contribution in [3.8, 4) is 0 Å². The summed E-state index contributed by atoms with van der Waals surface area (Å²) in [5, 5.41) is 11.4. The SMILES string of the molecule is CN(c1ccc([N+](=O)[O-])c(CBr)c1)C1CCCCC1. The summed E-state index contributed by atoms with van der Waals surface area (Å²) in [6.07, 6.45) is 6.34. The molecule has 0 N–H and O–H groups in total. The maximum absolute atomic E-state index is 10.9. The van der Waals surface area contributed by atoms with E-state index in [1.54, 1.807) is 6.07 Å². The second-order valence-electron chi connectivity index (χ2n) is 5.11. The normalized spacial score (nSPS) is 16.3. The van der Waals surface area contributed by atoms with Gasteiger partial charge in [0.2, 0.25) is 0 Å². The summed E-state index contributed by atoms with van der Waals surface area (Å²) in [5.74, 6) is 0. The van der Waals surface area contributed by atoms with Gasteiger partial charge in [-0.2, -0.15) is 0 Å². The summed E-state index contributed by atoms with van der Waals surface area (Å²) >= 11 is 3.33. The number of rotatable bonds is 4. The van der Waals surface area contributed by atoms with Crippen molar-refractivity contribution in [2.24, 2.45) is 0 Å². The Balaban J connectivity index is 2.22. The monoisotopic (exact) mass is 326 g/mol. The molecule has 2 rings (SSSR count). The minimum Gasteiger partial charge on any atom is -0.372 e. The first-order valence-corrected chi connectivity index (χ1v) is 7.81. The van der Waals surface area contributed by atoms with Gasteiger partial charge in [0.05, 0.1) is 4.92 Å². The average Bonchev–Trinajstić information content (AvgIpc) is 2.46. The predicted octanol–water partition coefficient (Wildman–Crippen LogP) is 4.26. The van der Waals surface area contributed by atoms with Crippen LogP contribution in [0.15, 0.2) is 18.2 Å². The molecule has 0 atom stereocenters. The third-order valence-corrected chi connectivity index (χ3v) is 4.54. The number of nitro groups is 1. The number of nitrogens with zero attached hydrogens (tertiary/aromatic N) is 2. The Morgan fingerprint density at radius 2 is 2.05 bits per heavy atom. The number of halogens is 1. The van der Waals surface area contributed by atoms with Gasteiger partial charge in [-0.1, -0.05) is 35.2 Å². The van der Waals surface area contributed by atoms with Crippen molar-refractivity contribution in [3.05, 3.63) is 33.9 Å². The highest BCUT2D eigenvalue weighted by Crippen LogP contribution is 2.30. The van der Waals surface area contributed by atoms with E-state index >= 15 is 0 Å². The fraction of sp³-hybridized carbons (Fsp3) is 0.571. The molecule has 0 amide bonds. The van der Waals surface area contributed by atoms with Crippen molar-refractivity contribution in [2.45, 2.75) is 43.5 Å². The van der Waals surface area contributed by atoms with E-state index in [0.29, 0.717) is 11.4 Å². The van der Waals surface area contributed by atoms with Crippen LogP contribution in [0.4, 0.5) is 11.4 Å². The van der Waals surface area contributed by atoms with E-state index in [2.05, 4.69) is 27.9 Å². The molecule has 1 saturated carbocycles. The lowest BCUT2D eigenvalue weighted by Gasteiger charge is -2.33. The molecule has 0 radical (unpaired) electrons. The number of hydrogen-bond donors (Lipinski definition) is 0. The van der Waals surface area contributed by atoms with Gasteiger partial charge < -0.3 is 4.90 Å². The lowest BCUT2D eigenvalue weighted by Crippen LogP contribution is -2.33. The summed E-state index contributed by atoms with van der Waals surface area (Å²) in [5.41, 5.74) is 2.01. The highest BCUT2D eigenvalue weighted by atomic mass is 79.9. The van der Waals surface area contributed by atoms with Crippen molar-refractivity contribution in [1.29, 1.82) is 0 Å². The largest absolute Gasteiger partial charge is 0.372 e. The standard InChI is InChI=1S/C14H19BrN2O2/c1-16(12-5-3-2-4-6-12)13-7-8-14(17(18)19)11(9-13)10-15/h7-9,12H,2-6,10H2,1H3.